The van der Waals surface area contributed by atoms with Gasteiger partial charge in [0.05, 0.1) is 17.7 Å². The fourth-order valence-electron chi connectivity index (χ4n) is 10.9. The molecule has 8 aromatic carbocycles. The van der Waals surface area contributed by atoms with Crippen LogP contribution in [0.3, 0.4) is 0 Å². The molecule has 0 N–H and O–H groups in total. The summed E-state index contributed by atoms with van der Waals surface area (Å²) in [5.74, 6) is 2.38. The summed E-state index contributed by atoms with van der Waals surface area (Å²) in [6, 6.07) is 74.7. The van der Waals surface area contributed by atoms with Crippen LogP contribution >= 0.6 is 0 Å². The predicted molar refractivity (Wildman–Crippen MR) is 316 cm³/mol. The van der Waals surface area contributed by atoms with E-state index in [0.717, 1.165) is 50.4 Å². The summed E-state index contributed by atoms with van der Waals surface area (Å²) in [5, 5.41) is 2.29. The Morgan fingerprint density at radius 2 is 1.00 bits per heavy atom. The van der Waals surface area contributed by atoms with E-state index in [-0.39, 0.29) is 21.7 Å². The summed E-state index contributed by atoms with van der Waals surface area (Å²) >= 11 is 0. The van der Waals surface area contributed by atoms with Gasteiger partial charge < -0.3 is 14.5 Å². The number of nitrogens with zero attached hydrogens (tertiary/aromatic N) is 4. The van der Waals surface area contributed by atoms with Crippen molar-refractivity contribution in [3.8, 4) is 39.6 Å². The quantitative estimate of drug-likeness (QED) is 0.129. The SMILES string of the molecule is CC(C)(C)C1=CN(c2cc(Oc3ccc4c5cc(-c6ccccc6)ccc5n(-c5cc(C(C)(C)c6ccccc6)ccn5)c4c3)cc(C(C)(C)c3ccccc3)c2)CN1c1cc(-c2ccccc2)cc(C(C)(C)C)c1. The van der Waals surface area contributed by atoms with Crippen molar-refractivity contribution in [1.82, 2.24) is 9.55 Å². The van der Waals surface area contributed by atoms with Gasteiger partial charge in [-0.2, -0.15) is 0 Å². The highest BCUT2D eigenvalue weighted by Crippen LogP contribution is 2.45. The van der Waals surface area contributed by atoms with Crippen molar-refractivity contribution < 1.29 is 4.74 Å². The van der Waals surface area contributed by atoms with Crippen LogP contribution in [-0.2, 0) is 16.2 Å². The molecule has 5 nitrogen and oxygen atoms in total. The van der Waals surface area contributed by atoms with Crippen LogP contribution in [-0.4, -0.2) is 16.2 Å². The van der Waals surface area contributed by atoms with E-state index in [1.165, 1.54) is 55.9 Å². The van der Waals surface area contributed by atoms with E-state index in [4.69, 9.17) is 9.72 Å². The second-order valence-corrected chi connectivity index (χ2v) is 23.5. The number of allylic oxidation sites excluding steroid dienone is 1. The van der Waals surface area contributed by atoms with Gasteiger partial charge in [-0.05, 0) is 116 Å². The third-order valence-corrected chi connectivity index (χ3v) is 15.5. The van der Waals surface area contributed by atoms with Crippen LogP contribution in [0.1, 0.15) is 97.1 Å². The van der Waals surface area contributed by atoms with Crippen molar-refractivity contribution in [1.29, 1.82) is 0 Å². The summed E-state index contributed by atoms with van der Waals surface area (Å²) < 4.78 is 9.52. The number of aromatic nitrogens is 2. The van der Waals surface area contributed by atoms with Crippen LogP contribution in [0.15, 0.2) is 224 Å². The molecule has 75 heavy (non-hydrogen) atoms. The van der Waals surface area contributed by atoms with Crippen molar-refractivity contribution in [3.63, 3.8) is 0 Å². The molecule has 0 saturated heterocycles. The van der Waals surface area contributed by atoms with Crippen LogP contribution in [0.2, 0.25) is 0 Å². The molecule has 10 aromatic rings. The Hall–Kier alpha value is -8.15. The molecule has 0 atom stereocenters. The zero-order valence-electron chi connectivity index (χ0n) is 45.2. The molecule has 0 saturated carbocycles. The second-order valence-electron chi connectivity index (χ2n) is 23.5. The van der Waals surface area contributed by atoms with Gasteiger partial charge in [-0.25, -0.2) is 4.98 Å². The number of rotatable bonds is 11. The van der Waals surface area contributed by atoms with E-state index in [1.54, 1.807) is 0 Å². The number of pyridine rings is 1. The normalized spacial score (nSPS) is 13.4. The summed E-state index contributed by atoms with van der Waals surface area (Å²) in [7, 11) is 0. The number of fused-ring (bicyclic) bond motifs is 3. The van der Waals surface area contributed by atoms with Crippen molar-refractivity contribution in [2.45, 2.75) is 85.5 Å². The smallest absolute Gasteiger partial charge is 0.137 e. The molecule has 0 radical (unpaired) electrons. The summed E-state index contributed by atoms with van der Waals surface area (Å²) in [6.45, 7) is 23.7. The van der Waals surface area contributed by atoms with E-state index in [2.05, 4.69) is 296 Å². The molecule has 1 aliphatic heterocycles. The van der Waals surface area contributed by atoms with Gasteiger partial charge in [0.1, 0.15) is 17.3 Å². The highest BCUT2D eigenvalue weighted by atomic mass is 16.5. The topological polar surface area (TPSA) is 33.5 Å². The molecule has 2 aromatic heterocycles. The Labute approximate surface area is 444 Å². The van der Waals surface area contributed by atoms with Gasteiger partial charge in [0.2, 0.25) is 0 Å². The molecule has 3 heterocycles. The van der Waals surface area contributed by atoms with E-state index in [1.807, 2.05) is 6.20 Å². The maximum Gasteiger partial charge on any atom is 0.137 e. The van der Waals surface area contributed by atoms with Crippen molar-refractivity contribution >= 4 is 33.2 Å². The molecular weight excluding hydrogens is 913 g/mol. The highest BCUT2D eigenvalue weighted by Gasteiger charge is 2.34. The Morgan fingerprint density at radius 1 is 0.400 bits per heavy atom. The molecule has 5 heteroatoms. The van der Waals surface area contributed by atoms with Gasteiger partial charge in [-0.1, -0.05) is 203 Å². The second kappa shape index (κ2) is 19.0. The van der Waals surface area contributed by atoms with Gasteiger partial charge in [0.25, 0.3) is 0 Å². The Morgan fingerprint density at radius 3 is 1.63 bits per heavy atom. The van der Waals surface area contributed by atoms with E-state index in [0.29, 0.717) is 6.67 Å². The Kier molecular flexibility index (Phi) is 12.4. The first-order valence-electron chi connectivity index (χ1n) is 26.4. The van der Waals surface area contributed by atoms with Crippen LogP contribution in [0.25, 0.3) is 49.9 Å². The summed E-state index contributed by atoms with van der Waals surface area (Å²) in [4.78, 5) is 10.0. The molecule has 0 bridgehead atoms. The molecule has 1 aliphatic rings. The average Bonchev–Trinajstić information content (AvgIpc) is 4.04. The molecule has 11 rings (SSSR count). The third-order valence-electron chi connectivity index (χ3n) is 15.5. The maximum atomic E-state index is 7.20. The molecular formula is C70H68N4O. The molecule has 0 unspecified atom stereocenters. The van der Waals surface area contributed by atoms with Crippen molar-refractivity contribution in [3.05, 3.63) is 252 Å². The van der Waals surface area contributed by atoms with E-state index < -0.39 is 0 Å². The summed E-state index contributed by atoms with van der Waals surface area (Å²) in [6.07, 6.45) is 4.31. The predicted octanol–water partition coefficient (Wildman–Crippen LogP) is 18.4. The first kappa shape index (κ1) is 49.1. The van der Waals surface area contributed by atoms with Gasteiger partial charge in [-0.3, -0.25) is 4.57 Å². The lowest BCUT2D eigenvalue weighted by Gasteiger charge is -2.33. The minimum Gasteiger partial charge on any atom is -0.457 e. The van der Waals surface area contributed by atoms with E-state index in [9.17, 15) is 0 Å². The van der Waals surface area contributed by atoms with Crippen molar-refractivity contribution in [2.24, 2.45) is 5.41 Å². The van der Waals surface area contributed by atoms with E-state index >= 15 is 0 Å². The van der Waals surface area contributed by atoms with Gasteiger partial charge in [0, 0.05) is 68.6 Å². The lowest BCUT2D eigenvalue weighted by Crippen LogP contribution is -2.31. The van der Waals surface area contributed by atoms with Crippen molar-refractivity contribution in [2.75, 3.05) is 16.5 Å². The number of hydrogen-bond donors (Lipinski definition) is 0. The minimum absolute atomic E-state index is 0.0452. The maximum absolute atomic E-state index is 7.20. The Bertz CT molecular complexity index is 3730. The fraction of sp³-hybridized carbons (Fsp3) is 0.214. The third kappa shape index (κ3) is 9.53. The lowest BCUT2D eigenvalue weighted by atomic mass is 9.78. The van der Waals surface area contributed by atoms with Crippen LogP contribution < -0.4 is 14.5 Å². The largest absolute Gasteiger partial charge is 0.457 e. The standard InChI is InChI=1S/C70H68N4O/c1-67(2,3)55-37-51(49-25-17-12-18-26-49)38-58(40-55)73-47-72(46-65(73)68(4,5)6)57-41-56(70(9,10)53-29-21-14-22-30-53)42-60(44-57)75-59-32-33-61-62-39-50(48-23-15-11-16-24-48)31-34-63(62)74(64(61)45-59)66-43-54(35-36-71-66)69(7,8)52-27-19-13-20-28-52/h11-46H,47H2,1-10H3. The van der Waals surface area contributed by atoms with Gasteiger partial charge >= 0.3 is 0 Å². The lowest BCUT2D eigenvalue weighted by molar-refractivity contribution is 0.480. The first-order chi connectivity index (χ1) is 35.9. The van der Waals surface area contributed by atoms with Crippen LogP contribution in [0.4, 0.5) is 11.4 Å². The van der Waals surface area contributed by atoms with Gasteiger partial charge in [0.15, 0.2) is 0 Å². The average molecular weight is 981 g/mol. The molecule has 374 valence electrons. The minimum atomic E-state index is -0.339. The fourth-order valence-corrected chi connectivity index (χ4v) is 10.9. The summed E-state index contributed by atoms with van der Waals surface area (Å²) in [5.41, 5.74) is 15.8. The Balaban J connectivity index is 1.04. The molecule has 0 spiro atoms. The first-order valence-corrected chi connectivity index (χ1v) is 26.4. The number of ether oxygens (including phenoxy) is 1. The molecule has 0 fully saturated rings. The molecule has 0 amide bonds. The van der Waals surface area contributed by atoms with Gasteiger partial charge in [-0.15, -0.1) is 0 Å². The zero-order valence-corrected chi connectivity index (χ0v) is 45.2. The van der Waals surface area contributed by atoms with Crippen LogP contribution in [0, 0.1) is 5.41 Å². The van der Waals surface area contributed by atoms with Crippen LogP contribution in [0.5, 0.6) is 11.5 Å². The molecule has 0 aliphatic carbocycles. The zero-order chi connectivity index (χ0) is 52.3. The number of benzene rings is 8. The number of anilines is 2. The highest BCUT2D eigenvalue weighted by molar-refractivity contribution is 6.10. The monoisotopic (exact) mass is 981 g/mol. The number of hydrogen-bond acceptors (Lipinski definition) is 4.